The third kappa shape index (κ3) is 9.02. The highest BCUT2D eigenvalue weighted by atomic mass is 32.2. The Morgan fingerprint density at radius 3 is 2.18 bits per heavy atom. The number of ether oxygens (including phenoxy) is 1. The van der Waals surface area contributed by atoms with E-state index in [0.717, 1.165) is 28.6 Å². The number of benzene rings is 4. The van der Waals surface area contributed by atoms with Crippen molar-refractivity contribution in [3.63, 3.8) is 0 Å². The van der Waals surface area contributed by atoms with Gasteiger partial charge in [-0.15, -0.1) is 0 Å². The van der Waals surface area contributed by atoms with E-state index in [4.69, 9.17) is 4.74 Å². The lowest BCUT2D eigenvalue weighted by Gasteiger charge is -2.33. The molecule has 0 aliphatic heterocycles. The van der Waals surface area contributed by atoms with E-state index in [1.54, 1.807) is 14.0 Å². The molecule has 0 aliphatic rings. The van der Waals surface area contributed by atoms with Crippen molar-refractivity contribution in [2.45, 2.75) is 77.8 Å². The molecule has 0 unspecified atom stereocenters. The van der Waals surface area contributed by atoms with Crippen molar-refractivity contribution in [3.05, 3.63) is 135 Å². The van der Waals surface area contributed by atoms with Crippen LogP contribution in [-0.4, -0.2) is 18.0 Å². The fraction of sp³-hybridized carbons (Fsp3) is 0.333. The van der Waals surface area contributed by atoms with E-state index in [1.165, 1.54) is 17.3 Å². The average molecular weight is 701 g/mol. The smallest absolute Gasteiger partial charge is 0.271 e. The van der Waals surface area contributed by atoms with Crippen LogP contribution in [0.5, 0.6) is 5.75 Å². The van der Waals surface area contributed by atoms with Gasteiger partial charge in [-0.2, -0.15) is 0 Å². The monoisotopic (exact) mass is 700 g/mol. The quantitative estimate of drug-likeness (QED) is 0.108. The topological polar surface area (TPSA) is 15.7 Å². The van der Waals surface area contributed by atoms with Crippen molar-refractivity contribution in [2.24, 2.45) is 0 Å². The molecular formula is C39H42F6N2OS. The number of anilines is 1. The van der Waals surface area contributed by atoms with Gasteiger partial charge >= 0.3 is 0 Å². The third-order valence-electron chi connectivity index (χ3n) is 8.37. The van der Waals surface area contributed by atoms with Crippen LogP contribution in [-0.2, 0) is 24.4 Å². The first-order chi connectivity index (χ1) is 22.8. The summed E-state index contributed by atoms with van der Waals surface area (Å²) < 4.78 is 96.4. The predicted molar refractivity (Wildman–Crippen MR) is 186 cm³/mol. The van der Waals surface area contributed by atoms with Crippen LogP contribution in [0.15, 0.2) is 77.8 Å². The molecule has 3 nitrogen and oxygen atoms in total. The predicted octanol–water partition coefficient (Wildman–Crippen LogP) is 11.3. The van der Waals surface area contributed by atoms with Gasteiger partial charge in [-0.25, -0.2) is 30.6 Å². The summed E-state index contributed by atoms with van der Waals surface area (Å²) >= 11 is 0.739. The molecule has 10 heteroatoms. The summed E-state index contributed by atoms with van der Waals surface area (Å²) in [5.41, 5.74) is 3.23. The van der Waals surface area contributed by atoms with Gasteiger partial charge in [0.1, 0.15) is 17.4 Å². The largest absolute Gasteiger partial charge is 0.495 e. The summed E-state index contributed by atoms with van der Waals surface area (Å²) in [5, 5.41) is 0. The van der Waals surface area contributed by atoms with Gasteiger partial charge < -0.3 is 9.64 Å². The molecule has 0 atom stereocenters. The molecule has 49 heavy (non-hydrogen) atoms. The van der Waals surface area contributed by atoms with Crippen molar-refractivity contribution >= 4 is 17.6 Å². The van der Waals surface area contributed by atoms with Crippen LogP contribution >= 0.6 is 11.9 Å². The number of alkyl halides is 2. The summed E-state index contributed by atoms with van der Waals surface area (Å²) in [7, 11) is 1.54. The lowest BCUT2D eigenvalue weighted by atomic mass is 9.86. The average Bonchev–Trinajstić information content (AvgIpc) is 3.01. The molecule has 4 rings (SSSR count). The Morgan fingerprint density at radius 2 is 1.55 bits per heavy atom. The number of halogens is 6. The van der Waals surface area contributed by atoms with Crippen molar-refractivity contribution in [1.29, 1.82) is 0 Å². The second-order valence-electron chi connectivity index (χ2n) is 13.4. The van der Waals surface area contributed by atoms with Gasteiger partial charge in [0, 0.05) is 49.4 Å². The second-order valence-corrected chi connectivity index (χ2v) is 14.6. The Bertz CT molecular complexity index is 1850. The first-order valence-corrected chi connectivity index (χ1v) is 16.5. The van der Waals surface area contributed by atoms with Gasteiger partial charge in [-0.05, 0) is 90.2 Å². The van der Waals surface area contributed by atoms with E-state index in [1.807, 2.05) is 48.2 Å². The number of hydrogen-bond acceptors (Lipinski definition) is 4. The zero-order valence-corrected chi connectivity index (χ0v) is 29.9. The van der Waals surface area contributed by atoms with Crippen LogP contribution in [0, 0.1) is 44.0 Å². The van der Waals surface area contributed by atoms with Gasteiger partial charge in [0.05, 0.1) is 17.7 Å². The minimum atomic E-state index is -3.59. The highest BCUT2D eigenvalue weighted by molar-refractivity contribution is 7.97. The molecule has 4 aromatic rings. The molecule has 0 fully saturated rings. The lowest BCUT2D eigenvalue weighted by Crippen LogP contribution is -2.30. The summed E-state index contributed by atoms with van der Waals surface area (Å²) in [5.74, 6) is -7.55. The van der Waals surface area contributed by atoms with E-state index in [2.05, 4.69) is 33.4 Å². The van der Waals surface area contributed by atoms with Gasteiger partial charge in [0.15, 0.2) is 11.6 Å². The molecule has 0 saturated carbocycles. The first-order valence-electron chi connectivity index (χ1n) is 15.7. The summed E-state index contributed by atoms with van der Waals surface area (Å²) in [6.45, 7) is 15.9. The minimum Gasteiger partial charge on any atom is -0.495 e. The molecule has 0 aromatic heterocycles. The van der Waals surface area contributed by atoms with Gasteiger partial charge in [-0.3, -0.25) is 0 Å². The Morgan fingerprint density at radius 1 is 0.857 bits per heavy atom. The van der Waals surface area contributed by atoms with Gasteiger partial charge in [0.2, 0.25) is 0 Å². The van der Waals surface area contributed by atoms with E-state index >= 15 is 8.78 Å². The van der Waals surface area contributed by atoms with E-state index in [-0.39, 0.29) is 22.4 Å². The van der Waals surface area contributed by atoms with Gasteiger partial charge in [-0.1, -0.05) is 57.7 Å². The number of methoxy groups -OCH3 is 1. The van der Waals surface area contributed by atoms with Crippen LogP contribution in [0.4, 0.5) is 32.0 Å². The fourth-order valence-electron chi connectivity index (χ4n) is 5.46. The number of aryl methyl sites for hydroxylation is 2. The Kier molecular flexibility index (Phi) is 11.6. The van der Waals surface area contributed by atoms with E-state index in [0.29, 0.717) is 48.3 Å². The zero-order chi connectivity index (χ0) is 36.4. The maximum Gasteiger partial charge on any atom is 0.271 e. The zero-order valence-electron chi connectivity index (χ0n) is 29.1. The maximum atomic E-state index is 15.3. The maximum absolute atomic E-state index is 15.3. The van der Waals surface area contributed by atoms with E-state index < -0.39 is 46.9 Å². The second kappa shape index (κ2) is 14.9. The highest BCUT2D eigenvalue weighted by Gasteiger charge is 2.32. The minimum absolute atomic E-state index is 0.125. The normalized spacial score (nSPS) is 12.1. The first kappa shape index (κ1) is 37.9. The van der Waals surface area contributed by atoms with Crippen molar-refractivity contribution in [2.75, 3.05) is 18.6 Å². The van der Waals surface area contributed by atoms with Crippen molar-refractivity contribution < 1.29 is 31.1 Å². The van der Waals surface area contributed by atoms with Crippen LogP contribution < -0.4 is 9.64 Å². The lowest BCUT2D eigenvalue weighted by molar-refractivity contribution is 0.0154. The molecule has 0 amide bonds. The van der Waals surface area contributed by atoms with Crippen molar-refractivity contribution in [3.8, 4) is 5.75 Å². The molecule has 262 valence electrons. The number of nitrogens with zero attached hydrogens (tertiary/aromatic N) is 2. The number of hydrogen-bond donors (Lipinski definition) is 0. The van der Waals surface area contributed by atoms with Crippen LogP contribution in [0.3, 0.4) is 0 Å². The molecule has 0 N–H and O–H groups in total. The number of rotatable bonds is 12. The molecule has 4 aromatic carbocycles. The molecule has 0 radical (unpaired) electrons. The van der Waals surface area contributed by atoms with Crippen LogP contribution in [0.25, 0.3) is 0 Å². The molecule has 0 heterocycles. The standard InChI is InChI=1S/C39H42F6N2OS/c1-23-13-14-33(34(15-23)48-9)47(21-27-11-10-12-28(17-27)38(5,6)7)25(3)20-46(49-35-16-24(2)26(4)36(42)37(35)43)22-30-31(39(8,44)45)18-29(40)19-32(30)41/h10-19H,3,20-22H2,1-2,4-9H3. The molecule has 0 spiro atoms. The summed E-state index contributed by atoms with van der Waals surface area (Å²) in [4.78, 5) is 1.76. The fourth-order valence-corrected chi connectivity index (χ4v) is 6.54. The van der Waals surface area contributed by atoms with Crippen LogP contribution in [0.1, 0.15) is 66.6 Å². The van der Waals surface area contributed by atoms with Gasteiger partial charge in [0.25, 0.3) is 5.92 Å². The third-order valence-corrected chi connectivity index (χ3v) is 9.38. The Hall–Kier alpha value is -3.89. The Balaban J connectivity index is 1.84. The molecule has 0 saturated heterocycles. The highest BCUT2D eigenvalue weighted by Crippen LogP contribution is 2.39. The van der Waals surface area contributed by atoms with E-state index in [9.17, 15) is 17.6 Å². The van der Waals surface area contributed by atoms with Crippen LogP contribution in [0.2, 0.25) is 0 Å². The summed E-state index contributed by atoms with van der Waals surface area (Å²) in [6.07, 6.45) is 0. The molecule has 0 aliphatic carbocycles. The molecular weight excluding hydrogens is 658 g/mol. The molecule has 0 bridgehead atoms. The van der Waals surface area contributed by atoms with Crippen molar-refractivity contribution in [1.82, 2.24) is 4.31 Å². The summed E-state index contributed by atoms with van der Waals surface area (Å²) in [6, 6.07) is 16.3. The SMILES string of the molecule is C=C(CN(Cc1c(F)cc(F)cc1C(C)(F)F)Sc1cc(C)c(C)c(F)c1F)N(Cc1cccc(C(C)(C)C)c1)c1ccc(C)cc1OC. The Labute approximate surface area is 289 Å².